The molecule has 0 saturated carbocycles. The zero-order valence-corrected chi connectivity index (χ0v) is 11.5. The number of rotatable bonds is 4. The van der Waals surface area contributed by atoms with E-state index < -0.39 is 0 Å². The van der Waals surface area contributed by atoms with Gasteiger partial charge in [-0.3, -0.25) is 0 Å². The largest absolute Gasteiger partial charge is 0.326 e. The van der Waals surface area contributed by atoms with Gasteiger partial charge in [0.2, 0.25) is 0 Å². The highest BCUT2D eigenvalue weighted by Gasteiger charge is 2.10. The molecule has 0 bridgehead atoms. The van der Waals surface area contributed by atoms with E-state index in [9.17, 15) is 4.39 Å². The standard InChI is InChI=1S/C17H20FN/c1-3-12-5-6-13(4-2)16(9-12)17-10-15(18)8-7-14(17)11-19/h5-10H,3-4,11,19H2,1-2H3. The van der Waals surface area contributed by atoms with Crippen molar-refractivity contribution < 1.29 is 4.39 Å². The number of hydrogen-bond donors (Lipinski definition) is 1. The molecule has 0 heterocycles. The molecule has 0 aliphatic rings. The van der Waals surface area contributed by atoms with Crippen LogP contribution in [0.15, 0.2) is 36.4 Å². The molecule has 0 radical (unpaired) electrons. The van der Waals surface area contributed by atoms with Crippen LogP contribution in [0.4, 0.5) is 4.39 Å². The maximum atomic E-state index is 13.5. The van der Waals surface area contributed by atoms with Gasteiger partial charge in [0.1, 0.15) is 5.82 Å². The summed E-state index contributed by atoms with van der Waals surface area (Å²) >= 11 is 0. The van der Waals surface area contributed by atoms with Crippen molar-refractivity contribution in [2.45, 2.75) is 33.2 Å². The third-order valence-corrected chi connectivity index (χ3v) is 3.55. The molecular formula is C17H20FN. The van der Waals surface area contributed by atoms with Gasteiger partial charge in [0.05, 0.1) is 0 Å². The molecule has 2 heteroatoms. The van der Waals surface area contributed by atoms with E-state index in [1.807, 2.05) is 0 Å². The number of nitrogens with two attached hydrogens (primary N) is 1. The minimum atomic E-state index is -0.212. The lowest BCUT2D eigenvalue weighted by Gasteiger charge is -2.14. The van der Waals surface area contributed by atoms with Crippen molar-refractivity contribution in [3.8, 4) is 11.1 Å². The Balaban J connectivity index is 2.65. The summed E-state index contributed by atoms with van der Waals surface area (Å²) in [5.41, 5.74) is 11.3. The Morgan fingerprint density at radius 1 is 0.895 bits per heavy atom. The van der Waals surface area contributed by atoms with Crippen LogP contribution in [-0.2, 0) is 19.4 Å². The van der Waals surface area contributed by atoms with Crippen LogP contribution in [0.2, 0.25) is 0 Å². The van der Waals surface area contributed by atoms with Crippen molar-refractivity contribution in [1.82, 2.24) is 0 Å². The third-order valence-electron chi connectivity index (χ3n) is 3.55. The summed E-state index contributed by atoms with van der Waals surface area (Å²) in [5.74, 6) is -0.212. The average Bonchev–Trinajstić information content (AvgIpc) is 2.46. The van der Waals surface area contributed by atoms with Crippen molar-refractivity contribution in [3.63, 3.8) is 0 Å². The van der Waals surface area contributed by atoms with E-state index in [2.05, 4.69) is 32.0 Å². The SMILES string of the molecule is CCc1ccc(CC)c(-c2cc(F)ccc2CN)c1. The van der Waals surface area contributed by atoms with Crippen LogP contribution in [0.25, 0.3) is 11.1 Å². The smallest absolute Gasteiger partial charge is 0.123 e. The maximum Gasteiger partial charge on any atom is 0.123 e. The van der Waals surface area contributed by atoms with Crippen LogP contribution in [0, 0.1) is 5.82 Å². The fraction of sp³-hybridized carbons (Fsp3) is 0.294. The molecule has 0 saturated heterocycles. The fourth-order valence-corrected chi connectivity index (χ4v) is 2.38. The molecule has 2 N–H and O–H groups in total. The van der Waals surface area contributed by atoms with Gasteiger partial charge in [-0.25, -0.2) is 4.39 Å². The fourth-order valence-electron chi connectivity index (χ4n) is 2.38. The second kappa shape index (κ2) is 5.98. The summed E-state index contributed by atoms with van der Waals surface area (Å²) in [7, 11) is 0. The molecule has 0 unspecified atom stereocenters. The first-order valence-corrected chi connectivity index (χ1v) is 6.80. The zero-order valence-electron chi connectivity index (χ0n) is 11.5. The summed E-state index contributed by atoms with van der Waals surface area (Å²) in [6.07, 6.45) is 1.91. The molecule has 100 valence electrons. The lowest BCUT2D eigenvalue weighted by atomic mass is 9.92. The van der Waals surface area contributed by atoms with Gasteiger partial charge in [0, 0.05) is 6.54 Å². The van der Waals surface area contributed by atoms with Crippen molar-refractivity contribution in [2.75, 3.05) is 0 Å². The average molecular weight is 257 g/mol. The zero-order chi connectivity index (χ0) is 13.8. The highest BCUT2D eigenvalue weighted by atomic mass is 19.1. The number of halogens is 1. The van der Waals surface area contributed by atoms with Gasteiger partial charge in [-0.2, -0.15) is 0 Å². The lowest BCUT2D eigenvalue weighted by Crippen LogP contribution is -2.01. The molecule has 0 fully saturated rings. The first-order valence-electron chi connectivity index (χ1n) is 6.80. The highest BCUT2D eigenvalue weighted by Crippen LogP contribution is 2.29. The van der Waals surface area contributed by atoms with Crippen LogP contribution >= 0.6 is 0 Å². The van der Waals surface area contributed by atoms with Gasteiger partial charge in [0.15, 0.2) is 0 Å². The van der Waals surface area contributed by atoms with E-state index in [0.717, 1.165) is 29.5 Å². The van der Waals surface area contributed by atoms with Crippen molar-refractivity contribution in [1.29, 1.82) is 0 Å². The van der Waals surface area contributed by atoms with E-state index in [1.165, 1.54) is 17.2 Å². The molecule has 2 aromatic carbocycles. The number of aryl methyl sites for hydroxylation is 2. The Hall–Kier alpha value is -1.67. The van der Waals surface area contributed by atoms with Gasteiger partial charge in [-0.05, 0) is 52.8 Å². The molecule has 0 aromatic heterocycles. The molecule has 0 aliphatic carbocycles. The molecule has 0 amide bonds. The summed E-state index contributed by atoms with van der Waals surface area (Å²) < 4.78 is 13.5. The van der Waals surface area contributed by atoms with Gasteiger partial charge >= 0.3 is 0 Å². The molecular weight excluding hydrogens is 237 g/mol. The van der Waals surface area contributed by atoms with Crippen LogP contribution in [-0.4, -0.2) is 0 Å². The predicted molar refractivity (Wildman–Crippen MR) is 78.5 cm³/mol. The minimum absolute atomic E-state index is 0.212. The van der Waals surface area contributed by atoms with Gasteiger partial charge in [-0.15, -0.1) is 0 Å². The monoisotopic (exact) mass is 257 g/mol. The first-order chi connectivity index (χ1) is 9.19. The molecule has 1 nitrogen and oxygen atoms in total. The third kappa shape index (κ3) is 2.85. The second-order valence-electron chi connectivity index (χ2n) is 4.70. The Morgan fingerprint density at radius 2 is 1.58 bits per heavy atom. The summed E-state index contributed by atoms with van der Waals surface area (Å²) in [5, 5.41) is 0. The van der Waals surface area contributed by atoms with Gasteiger partial charge in [-0.1, -0.05) is 38.1 Å². The van der Waals surface area contributed by atoms with Crippen molar-refractivity contribution in [3.05, 3.63) is 58.9 Å². The number of benzene rings is 2. The highest BCUT2D eigenvalue weighted by molar-refractivity contribution is 5.71. The molecule has 2 aromatic rings. The molecule has 0 atom stereocenters. The Morgan fingerprint density at radius 3 is 2.21 bits per heavy atom. The van der Waals surface area contributed by atoms with Crippen molar-refractivity contribution in [2.24, 2.45) is 5.73 Å². The second-order valence-corrected chi connectivity index (χ2v) is 4.70. The van der Waals surface area contributed by atoms with Gasteiger partial charge in [0.25, 0.3) is 0 Å². The molecule has 0 spiro atoms. The van der Waals surface area contributed by atoms with Crippen LogP contribution < -0.4 is 5.73 Å². The molecule has 19 heavy (non-hydrogen) atoms. The number of hydrogen-bond acceptors (Lipinski definition) is 1. The van der Waals surface area contributed by atoms with E-state index in [-0.39, 0.29) is 5.82 Å². The lowest BCUT2D eigenvalue weighted by molar-refractivity contribution is 0.627. The van der Waals surface area contributed by atoms with E-state index in [4.69, 9.17) is 5.73 Å². The Kier molecular flexibility index (Phi) is 4.33. The Labute approximate surface area is 114 Å². The van der Waals surface area contributed by atoms with Crippen LogP contribution in [0.3, 0.4) is 0 Å². The van der Waals surface area contributed by atoms with Crippen LogP contribution in [0.5, 0.6) is 0 Å². The van der Waals surface area contributed by atoms with E-state index in [1.54, 1.807) is 12.1 Å². The minimum Gasteiger partial charge on any atom is -0.326 e. The first kappa shape index (κ1) is 13.8. The van der Waals surface area contributed by atoms with E-state index in [0.29, 0.717) is 6.54 Å². The maximum absolute atomic E-state index is 13.5. The quantitative estimate of drug-likeness (QED) is 0.877. The normalized spacial score (nSPS) is 10.7. The Bertz CT molecular complexity index is 575. The topological polar surface area (TPSA) is 26.0 Å². The summed E-state index contributed by atoms with van der Waals surface area (Å²) in [4.78, 5) is 0. The predicted octanol–water partition coefficient (Wildman–Crippen LogP) is 4.08. The summed E-state index contributed by atoms with van der Waals surface area (Å²) in [6.45, 7) is 4.67. The van der Waals surface area contributed by atoms with E-state index >= 15 is 0 Å². The molecule has 2 rings (SSSR count). The summed E-state index contributed by atoms with van der Waals surface area (Å²) in [6, 6.07) is 11.3. The van der Waals surface area contributed by atoms with Crippen molar-refractivity contribution >= 4 is 0 Å². The van der Waals surface area contributed by atoms with Crippen LogP contribution in [0.1, 0.15) is 30.5 Å². The molecule has 0 aliphatic heterocycles. The van der Waals surface area contributed by atoms with Gasteiger partial charge < -0.3 is 5.73 Å².